The van der Waals surface area contributed by atoms with Crippen molar-refractivity contribution in [3.8, 4) is 5.75 Å². The molecule has 3 rings (SSSR count). The zero-order valence-corrected chi connectivity index (χ0v) is 15.3. The number of hydrogen-bond acceptors (Lipinski definition) is 3. The SMILES string of the molecule is COc1cc2occ(C)c2cc1/C(C)=C/C(=O)NCCc1ccccc1. The summed E-state index contributed by atoms with van der Waals surface area (Å²) in [6.45, 7) is 4.51. The van der Waals surface area contributed by atoms with Crippen molar-refractivity contribution < 1.29 is 13.9 Å². The van der Waals surface area contributed by atoms with Gasteiger partial charge in [0.1, 0.15) is 11.3 Å². The smallest absolute Gasteiger partial charge is 0.244 e. The third-order valence-corrected chi connectivity index (χ3v) is 4.42. The van der Waals surface area contributed by atoms with Crippen LogP contribution in [0, 0.1) is 6.92 Å². The molecule has 1 aromatic heterocycles. The number of hydrogen-bond donors (Lipinski definition) is 1. The molecule has 0 aliphatic heterocycles. The predicted octanol–water partition coefficient (Wildman–Crippen LogP) is 4.51. The maximum absolute atomic E-state index is 12.3. The molecule has 0 bridgehead atoms. The largest absolute Gasteiger partial charge is 0.496 e. The minimum Gasteiger partial charge on any atom is -0.496 e. The first kappa shape index (κ1) is 17.8. The van der Waals surface area contributed by atoms with Crippen molar-refractivity contribution in [3.63, 3.8) is 0 Å². The third kappa shape index (κ3) is 3.97. The van der Waals surface area contributed by atoms with Gasteiger partial charge in [-0.2, -0.15) is 0 Å². The Morgan fingerprint density at radius 3 is 2.73 bits per heavy atom. The van der Waals surface area contributed by atoms with E-state index in [1.165, 1.54) is 5.56 Å². The molecule has 1 N–H and O–H groups in total. The lowest BCUT2D eigenvalue weighted by atomic mass is 10.0. The van der Waals surface area contributed by atoms with Crippen LogP contribution in [-0.4, -0.2) is 19.6 Å². The first-order valence-electron chi connectivity index (χ1n) is 8.64. The summed E-state index contributed by atoms with van der Waals surface area (Å²) >= 11 is 0. The lowest BCUT2D eigenvalue weighted by Gasteiger charge is -2.10. The van der Waals surface area contributed by atoms with Gasteiger partial charge in [-0.3, -0.25) is 4.79 Å². The first-order chi connectivity index (χ1) is 12.6. The molecular weight excluding hydrogens is 326 g/mol. The Kier molecular flexibility index (Phi) is 5.42. The van der Waals surface area contributed by atoms with Crippen LogP contribution in [0.25, 0.3) is 16.5 Å². The number of carbonyl (C=O) groups excluding carboxylic acids is 1. The fraction of sp³-hybridized carbons (Fsp3) is 0.227. The number of benzene rings is 2. The zero-order valence-electron chi connectivity index (χ0n) is 15.3. The van der Waals surface area contributed by atoms with E-state index in [1.807, 2.05) is 44.2 Å². The van der Waals surface area contributed by atoms with Crippen LogP contribution in [0.1, 0.15) is 23.6 Å². The lowest BCUT2D eigenvalue weighted by molar-refractivity contribution is -0.116. The number of fused-ring (bicyclic) bond motifs is 1. The van der Waals surface area contributed by atoms with Crippen molar-refractivity contribution in [2.45, 2.75) is 20.3 Å². The average Bonchev–Trinajstić information content (AvgIpc) is 3.01. The number of ether oxygens (including phenoxy) is 1. The predicted molar refractivity (Wildman–Crippen MR) is 104 cm³/mol. The van der Waals surface area contributed by atoms with E-state index in [4.69, 9.17) is 9.15 Å². The summed E-state index contributed by atoms with van der Waals surface area (Å²) < 4.78 is 11.0. The number of allylic oxidation sites excluding steroid dienone is 1. The van der Waals surface area contributed by atoms with Crippen LogP contribution in [0.15, 0.2) is 59.2 Å². The Hall–Kier alpha value is -3.01. The molecule has 0 aliphatic rings. The molecule has 0 aliphatic carbocycles. The fourth-order valence-corrected chi connectivity index (χ4v) is 2.96. The molecular formula is C22H23NO3. The van der Waals surface area contributed by atoms with E-state index >= 15 is 0 Å². The van der Waals surface area contributed by atoms with Gasteiger partial charge < -0.3 is 14.5 Å². The highest BCUT2D eigenvalue weighted by Crippen LogP contribution is 2.33. The molecule has 0 unspecified atom stereocenters. The van der Waals surface area contributed by atoms with Gasteiger partial charge in [0.2, 0.25) is 5.91 Å². The van der Waals surface area contributed by atoms with E-state index in [1.54, 1.807) is 19.4 Å². The van der Waals surface area contributed by atoms with Crippen LogP contribution in [0.2, 0.25) is 0 Å². The Labute approximate surface area is 153 Å². The quantitative estimate of drug-likeness (QED) is 0.666. The fourth-order valence-electron chi connectivity index (χ4n) is 2.96. The number of methoxy groups -OCH3 is 1. The Morgan fingerprint density at radius 2 is 2.00 bits per heavy atom. The summed E-state index contributed by atoms with van der Waals surface area (Å²) in [7, 11) is 1.62. The van der Waals surface area contributed by atoms with Crippen molar-refractivity contribution >= 4 is 22.4 Å². The van der Waals surface area contributed by atoms with Crippen molar-refractivity contribution in [2.24, 2.45) is 0 Å². The molecule has 2 aromatic carbocycles. The molecule has 0 fully saturated rings. The number of amides is 1. The van der Waals surface area contributed by atoms with Gasteiger partial charge in [0, 0.05) is 29.6 Å². The van der Waals surface area contributed by atoms with Crippen molar-refractivity contribution in [3.05, 3.63) is 71.5 Å². The van der Waals surface area contributed by atoms with Gasteiger partial charge >= 0.3 is 0 Å². The van der Waals surface area contributed by atoms with Crippen LogP contribution in [0.3, 0.4) is 0 Å². The highest BCUT2D eigenvalue weighted by atomic mass is 16.5. The van der Waals surface area contributed by atoms with E-state index in [0.717, 1.165) is 34.1 Å². The van der Waals surface area contributed by atoms with Crippen molar-refractivity contribution in [2.75, 3.05) is 13.7 Å². The molecule has 4 nitrogen and oxygen atoms in total. The number of carbonyl (C=O) groups is 1. The van der Waals surface area contributed by atoms with Crippen LogP contribution in [0.5, 0.6) is 5.75 Å². The lowest BCUT2D eigenvalue weighted by Crippen LogP contribution is -2.23. The molecule has 1 heterocycles. The Balaban J connectivity index is 1.72. The standard InChI is InChI=1S/C22H23NO3/c1-15(11-22(24)23-10-9-17-7-5-4-6-8-17)18-12-19-16(2)14-26-21(19)13-20(18)25-3/h4-8,11-14H,9-10H2,1-3H3,(H,23,24)/b15-11+. The summed E-state index contributed by atoms with van der Waals surface area (Å²) in [5.74, 6) is 0.585. The molecule has 0 atom stereocenters. The second-order valence-electron chi connectivity index (χ2n) is 6.32. The van der Waals surface area contributed by atoms with Crippen LogP contribution < -0.4 is 10.1 Å². The van der Waals surface area contributed by atoms with E-state index < -0.39 is 0 Å². The highest BCUT2D eigenvalue weighted by Gasteiger charge is 2.12. The molecule has 0 radical (unpaired) electrons. The monoisotopic (exact) mass is 349 g/mol. The van der Waals surface area contributed by atoms with E-state index in [9.17, 15) is 4.79 Å². The van der Waals surface area contributed by atoms with Gasteiger partial charge in [-0.15, -0.1) is 0 Å². The van der Waals surface area contributed by atoms with E-state index in [2.05, 4.69) is 17.4 Å². The topological polar surface area (TPSA) is 51.5 Å². The van der Waals surface area contributed by atoms with Crippen molar-refractivity contribution in [1.82, 2.24) is 5.32 Å². The molecule has 0 saturated heterocycles. The van der Waals surface area contributed by atoms with Gasteiger partial charge in [0.15, 0.2) is 0 Å². The van der Waals surface area contributed by atoms with Gasteiger partial charge in [-0.25, -0.2) is 0 Å². The average molecular weight is 349 g/mol. The van der Waals surface area contributed by atoms with E-state index in [-0.39, 0.29) is 5.91 Å². The second-order valence-corrected chi connectivity index (χ2v) is 6.32. The molecule has 134 valence electrons. The third-order valence-electron chi connectivity index (χ3n) is 4.42. The summed E-state index contributed by atoms with van der Waals surface area (Å²) in [6.07, 6.45) is 4.15. The van der Waals surface area contributed by atoms with Crippen LogP contribution >= 0.6 is 0 Å². The van der Waals surface area contributed by atoms with Gasteiger partial charge in [0.05, 0.1) is 13.4 Å². The van der Waals surface area contributed by atoms with Gasteiger partial charge in [-0.1, -0.05) is 30.3 Å². The maximum atomic E-state index is 12.3. The number of nitrogens with one attached hydrogen (secondary N) is 1. The van der Waals surface area contributed by atoms with Gasteiger partial charge in [-0.05, 0) is 43.0 Å². The molecule has 4 heteroatoms. The van der Waals surface area contributed by atoms with Crippen molar-refractivity contribution in [1.29, 1.82) is 0 Å². The summed E-state index contributed by atoms with van der Waals surface area (Å²) in [5, 5.41) is 3.96. The molecule has 1 amide bonds. The van der Waals surface area contributed by atoms with E-state index in [0.29, 0.717) is 12.3 Å². The Bertz CT molecular complexity index is 939. The summed E-state index contributed by atoms with van der Waals surface area (Å²) in [4.78, 5) is 12.3. The summed E-state index contributed by atoms with van der Waals surface area (Å²) in [5.41, 5.74) is 4.78. The highest BCUT2D eigenvalue weighted by molar-refractivity contribution is 5.97. The minimum absolute atomic E-state index is 0.107. The maximum Gasteiger partial charge on any atom is 0.244 e. The molecule has 0 saturated carbocycles. The minimum atomic E-state index is -0.107. The van der Waals surface area contributed by atoms with Gasteiger partial charge in [0.25, 0.3) is 0 Å². The normalized spacial score (nSPS) is 11.6. The number of furan rings is 1. The molecule has 3 aromatic rings. The zero-order chi connectivity index (χ0) is 18.5. The van der Waals surface area contributed by atoms with Crippen LogP contribution in [-0.2, 0) is 11.2 Å². The molecule has 26 heavy (non-hydrogen) atoms. The first-order valence-corrected chi connectivity index (χ1v) is 8.64. The summed E-state index contributed by atoms with van der Waals surface area (Å²) in [6, 6.07) is 14.0. The second kappa shape index (κ2) is 7.91. The molecule has 0 spiro atoms. The number of aryl methyl sites for hydroxylation is 1. The number of rotatable bonds is 6. The van der Waals surface area contributed by atoms with Crippen LogP contribution in [0.4, 0.5) is 0 Å². The Morgan fingerprint density at radius 1 is 1.23 bits per heavy atom.